The van der Waals surface area contributed by atoms with E-state index in [1.165, 1.54) is 12.8 Å². The van der Waals surface area contributed by atoms with Gasteiger partial charge in [-0.15, -0.1) is 11.6 Å². The van der Waals surface area contributed by atoms with Crippen molar-refractivity contribution in [3.05, 3.63) is 11.5 Å². The van der Waals surface area contributed by atoms with Gasteiger partial charge in [-0.2, -0.15) is 5.10 Å². The molecule has 0 N–H and O–H groups in total. The van der Waals surface area contributed by atoms with E-state index in [-0.39, 0.29) is 10.9 Å². The van der Waals surface area contributed by atoms with Crippen LogP contribution in [0.25, 0.3) is 11.2 Å². The third-order valence-corrected chi connectivity index (χ3v) is 4.74. The fourth-order valence-corrected chi connectivity index (χ4v) is 3.36. The Hall–Kier alpha value is -1.03. The van der Waals surface area contributed by atoms with Gasteiger partial charge in [-0.05, 0) is 53.4 Å². The lowest BCUT2D eigenvalue weighted by atomic mass is 9.98. The van der Waals surface area contributed by atoms with Crippen LogP contribution in [-0.2, 0) is 12.1 Å². The highest BCUT2D eigenvalue weighted by atomic mass is 35.5. The van der Waals surface area contributed by atoms with Gasteiger partial charge in [0, 0.05) is 12.1 Å². The Morgan fingerprint density at radius 1 is 1.40 bits per heavy atom. The van der Waals surface area contributed by atoms with Gasteiger partial charge in [0.15, 0.2) is 5.65 Å². The Morgan fingerprint density at radius 3 is 2.55 bits per heavy atom. The van der Waals surface area contributed by atoms with Crippen LogP contribution in [0, 0.1) is 12.8 Å². The van der Waals surface area contributed by atoms with Gasteiger partial charge in [-0.25, -0.2) is 9.67 Å². The first kappa shape index (κ1) is 13.9. The van der Waals surface area contributed by atoms with E-state index in [0.717, 1.165) is 35.1 Å². The molecule has 3 rings (SSSR count). The van der Waals surface area contributed by atoms with E-state index in [0.29, 0.717) is 0 Å². The summed E-state index contributed by atoms with van der Waals surface area (Å²) in [6.07, 6.45) is 2.59. The van der Waals surface area contributed by atoms with Crippen LogP contribution in [0.3, 0.4) is 0 Å². The lowest BCUT2D eigenvalue weighted by molar-refractivity contribution is 0.299. The number of halogens is 1. The molecule has 0 amide bonds. The average Bonchev–Trinajstić information content (AvgIpc) is 3.08. The van der Waals surface area contributed by atoms with Crippen molar-refractivity contribution in [2.24, 2.45) is 5.92 Å². The summed E-state index contributed by atoms with van der Waals surface area (Å²) in [5.74, 6) is 1.69. The Kier molecular flexibility index (Phi) is 3.12. The zero-order valence-corrected chi connectivity index (χ0v) is 13.7. The van der Waals surface area contributed by atoms with Gasteiger partial charge < -0.3 is 4.57 Å². The molecular weight excluding hydrogens is 272 g/mol. The van der Waals surface area contributed by atoms with Crippen molar-refractivity contribution < 1.29 is 0 Å². The number of rotatable bonds is 4. The largest absolute Gasteiger partial charge is 0.306 e. The molecule has 2 aromatic heterocycles. The fourth-order valence-electron chi connectivity index (χ4n) is 3.21. The van der Waals surface area contributed by atoms with E-state index in [9.17, 15) is 0 Å². The van der Waals surface area contributed by atoms with Crippen LogP contribution in [0.2, 0.25) is 0 Å². The molecule has 2 heterocycles. The molecular formula is C15H23ClN4. The van der Waals surface area contributed by atoms with Gasteiger partial charge in [0.25, 0.3) is 0 Å². The number of hydrogen-bond donors (Lipinski definition) is 0. The molecule has 1 aliphatic carbocycles. The summed E-state index contributed by atoms with van der Waals surface area (Å²) in [5, 5.41) is 4.52. The van der Waals surface area contributed by atoms with E-state index in [4.69, 9.17) is 16.6 Å². The van der Waals surface area contributed by atoms with Crippen molar-refractivity contribution in [1.29, 1.82) is 0 Å². The molecule has 0 aromatic carbocycles. The second-order valence-corrected chi connectivity index (χ2v) is 7.08. The molecule has 1 saturated carbocycles. The first-order chi connectivity index (χ1) is 9.37. The minimum Gasteiger partial charge on any atom is -0.306 e. The van der Waals surface area contributed by atoms with Gasteiger partial charge >= 0.3 is 0 Å². The summed E-state index contributed by atoms with van der Waals surface area (Å²) >= 11 is 6.40. The van der Waals surface area contributed by atoms with Crippen LogP contribution in [0.4, 0.5) is 0 Å². The smallest absolute Gasteiger partial charge is 0.159 e. The van der Waals surface area contributed by atoms with Crippen LogP contribution < -0.4 is 0 Å². The first-order valence-electron chi connectivity index (χ1n) is 7.48. The van der Waals surface area contributed by atoms with Crippen molar-refractivity contribution in [1.82, 2.24) is 19.3 Å². The summed E-state index contributed by atoms with van der Waals surface area (Å²) in [5.41, 5.74) is 3.17. The molecule has 1 unspecified atom stereocenters. The van der Waals surface area contributed by atoms with Crippen LogP contribution in [0.5, 0.6) is 0 Å². The molecule has 1 fully saturated rings. The highest BCUT2D eigenvalue weighted by Crippen LogP contribution is 2.46. The Bertz CT molecular complexity index is 646. The maximum absolute atomic E-state index is 6.40. The number of nitrogens with zero attached hydrogens (tertiary/aromatic N) is 4. The summed E-state index contributed by atoms with van der Waals surface area (Å²) in [6, 6.07) is 0. The van der Waals surface area contributed by atoms with Crippen molar-refractivity contribution >= 4 is 22.8 Å². The normalized spacial score (nSPS) is 17.9. The van der Waals surface area contributed by atoms with Crippen molar-refractivity contribution in [2.45, 2.75) is 64.9 Å². The van der Waals surface area contributed by atoms with Crippen molar-refractivity contribution in [3.63, 3.8) is 0 Å². The van der Waals surface area contributed by atoms with E-state index in [2.05, 4.69) is 35.1 Å². The predicted molar refractivity (Wildman–Crippen MR) is 82.2 cm³/mol. The fraction of sp³-hybridized carbons (Fsp3) is 0.733. The van der Waals surface area contributed by atoms with Crippen LogP contribution in [0.15, 0.2) is 0 Å². The summed E-state index contributed by atoms with van der Waals surface area (Å²) in [6.45, 7) is 11.6. The third kappa shape index (κ3) is 1.88. The first-order valence-corrected chi connectivity index (χ1v) is 7.91. The minimum atomic E-state index is -0.0925. The van der Waals surface area contributed by atoms with Crippen LogP contribution in [-0.4, -0.2) is 19.3 Å². The molecule has 110 valence electrons. The molecule has 0 bridgehead atoms. The molecule has 20 heavy (non-hydrogen) atoms. The highest BCUT2D eigenvalue weighted by Gasteiger charge is 2.42. The summed E-state index contributed by atoms with van der Waals surface area (Å²) in [4.78, 5) is 4.80. The monoisotopic (exact) mass is 294 g/mol. The molecule has 1 atom stereocenters. The molecule has 0 aliphatic heterocycles. The van der Waals surface area contributed by atoms with Crippen LogP contribution in [0.1, 0.15) is 57.4 Å². The van der Waals surface area contributed by atoms with Gasteiger partial charge in [0.1, 0.15) is 11.3 Å². The second kappa shape index (κ2) is 4.48. The highest BCUT2D eigenvalue weighted by molar-refractivity contribution is 6.20. The predicted octanol–water partition coefficient (Wildman–Crippen LogP) is 4.01. The lowest BCUT2D eigenvalue weighted by Gasteiger charge is -2.30. The summed E-state index contributed by atoms with van der Waals surface area (Å²) < 4.78 is 4.41. The van der Waals surface area contributed by atoms with E-state index in [1.807, 2.05) is 13.8 Å². The maximum Gasteiger partial charge on any atom is 0.159 e. The molecule has 0 radical (unpaired) electrons. The van der Waals surface area contributed by atoms with Gasteiger partial charge in [-0.1, -0.05) is 0 Å². The molecule has 1 aliphatic rings. The number of alkyl halides is 1. The lowest BCUT2D eigenvalue weighted by Crippen LogP contribution is -2.31. The van der Waals surface area contributed by atoms with E-state index >= 15 is 0 Å². The number of fused-ring (bicyclic) bond motifs is 1. The van der Waals surface area contributed by atoms with Gasteiger partial charge in [0.2, 0.25) is 0 Å². The molecule has 0 saturated heterocycles. The zero-order valence-electron chi connectivity index (χ0n) is 12.9. The molecule has 4 nitrogen and oxygen atoms in total. The Morgan fingerprint density at radius 2 is 2.05 bits per heavy atom. The maximum atomic E-state index is 6.40. The Balaban J connectivity index is 2.33. The quantitative estimate of drug-likeness (QED) is 0.799. The number of aromatic nitrogens is 4. The number of imidazole rings is 1. The number of aryl methyl sites for hydroxylation is 2. The molecule has 0 spiro atoms. The molecule has 5 heteroatoms. The minimum absolute atomic E-state index is 0.0482. The Labute approximate surface area is 125 Å². The van der Waals surface area contributed by atoms with Gasteiger partial charge in [0.05, 0.1) is 11.1 Å². The molecule has 2 aromatic rings. The SMILES string of the molecule is CCn1nc(C)c2nc(C(C)Cl)n(C(C)(C)C3CC3)c21. The topological polar surface area (TPSA) is 35.6 Å². The van der Waals surface area contributed by atoms with Crippen molar-refractivity contribution in [2.75, 3.05) is 0 Å². The van der Waals surface area contributed by atoms with E-state index in [1.54, 1.807) is 0 Å². The second-order valence-electron chi connectivity index (χ2n) is 6.42. The third-order valence-electron chi connectivity index (χ3n) is 4.55. The standard InChI is InChI=1S/C15H23ClN4/c1-6-19-14-12(10(3)18-19)17-13(9(2)16)20(14)15(4,5)11-7-8-11/h9,11H,6-8H2,1-5H3. The summed E-state index contributed by atoms with van der Waals surface area (Å²) in [7, 11) is 0. The van der Waals surface area contributed by atoms with E-state index < -0.39 is 0 Å². The van der Waals surface area contributed by atoms with Gasteiger partial charge in [-0.3, -0.25) is 0 Å². The van der Waals surface area contributed by atoms with Crippen LogP contribution >= 0.6 is 11.6 Å². The zero-order chi connectivity index (χ0) is 14.7. The number of hydrogen-bond acceptors (Lipinski definition) is 2. The van der Waals surface area contributed by atoms with Crippen molar-refractivity contribution in [3.8, 4) is 0 Å². The average molecular weight is 295 g/mol.